The van der Waals surface area contributed by atoms with Gasteiger partial charge in [0.15, 0.2) is 0 Å². The molecule has 0 aliphatic heterocycles. The molecule has 0 amide bonds. The van der Waals surface area contributed by atoms with Crippen LogP contribution in [0.3, 0.4) is 0 Å². The topological polar surface area (TPSA) is 74.1 Å². The number of non-ortho nitro benzene ring substituents is 1. The van der Waals surface area contributed by atoms with Crippen molar-refractivity contribution in [1.29, 1.82) is 0 Å². The summed E-state index contributed by atoms with van der Waals surface area (Å²) in [5.41, 5.74) is 8.63. The first-order chi connectivity index (χ1) is 10.1. The Hall–Kier alpha value is -2.14. The van der Waals surface area contributed by atoms with Gasteiger partial charge in [0.25, 0.3) is 5.69 Å². The van der Waals surface area contributed by atoms with Crippen molar-refractivity contribution < 1.29 is 4.92 Å². The minimum atomic E-state index is -0.374. The van der Waals surface area contributed by atoms with E-state index in [1.165, 1.54) is 18.4 Å². The second-order valence-electron chi connectivity index (χ2n) is 5.72. The van der Waals surface area contributed by atoms with E-state index in [1.54, 1.807) is 12.1 Å². The number of rotatable bonds is 6. The van der Waals surface area contributed by atoms with Crippen molar-refractivity contribution >= 4 is 5.69 Å². The summed E-state index contributed by atoms with van der Waals surface area (Å²) < 4.78 is 2.14. The van der Waals surface area contributed by atoms with Crippen molar-refractivity contribution in [2.75, 3.05) is 0 Å². The van der Waals surface area contributed by atoms with Gasteiger partial charge in [-0.1, -0.05) is 12.1 Å². The van der Waals surface area contributed by atoms with Gasteiger partial charge >= 0.3 is 0 Å². The van der Waals surface area contributed by atoms with Crippen LogP contribution >= 0.6 is 0 Å². The maximum Gasteiger partial charge on any atom is 0.269 e. The van der Waals surface area contributed by atoms with E-state index in [2.05, 4.69) is 23.0 Å². The summed E-state index contributed by atoms with van der Waals surface area (Å²) in [6.45, 7) is 0.856. The van der Waals surface area contributed by atoms with Crippen LogP contribution in [0.25, 0.3) is 0 Å². The lowest BCUT2D eigenvalue weighted by molar-refractivity contribution is -0.384. The van der Waals surface area contributed by atoms with Crippen LogP contribution in [0, 0.1) is 16.0 Å². The highest BCUT2D eigenvalue weighted by atomic mass is 16.6. The molecule has 0 saturated heterocycles. The van der Waals surface area contributed by atoms with Crippen LogP contribution in [-0.4, -0.2) is 9.49 Å². The van der Waals surface area contributed by atoms with Crippen LogP contribution in [0.1, 0.15) is 30.0 Å². The highest BCUT2D eigenvalue weighted by molar-refractivity contribution is 5.32. The van der Waals surface area contributed by atoms with Crippen molar-refractivity contribution in [2.24, 2.45) is 11.7 Å². The van der Waals surface area contributed by atoms with Gasteiger partial charge in [-0.05, 0) is 42.4 Å². The molecule has 2 aromatic rings. The number of nitrogens with zero attached hydrogens (tertiary/aromatic N) is 2. The zero-order chi connectivity index (χ0) is 14.8. The van der Waals surface area contributed by atoms with E-state index in [0.29, 0.717) is 5.92 Å². The van der Waals surface area contributed by atoms with Crippen LogP contribution in [0.2, 0.25) is 0 Å². The standard InChI is InChI=1S/C16H19N3O2/c17-16(13-3-4-13)14-8-10-18(11-14)9-7-12-1-5-15(6-2-12)19(20)21/h1-2,5-6,8,10-11,13,16H,3-4,7,9,17H2. The van der Waals surface area contributed by atoms with Gasteiger partial charge in [0.2, 0.25) is 0 Å². The third-order valence-electron chi connectivity index (χ3n) is 4.09. The van der Waals surface area contributed by atoms with E-state index < -0.39 is 0 Å². The van der Waals surface area contributed by atoms with Crippen molar-refractivity contribution in [3.05, 3.63) is 64.0 Å². The van der Waals surface area contributed by atoms with E-state index in [1.807, 2.05) is 12.1 Å². The molecule has 1 heterocycles. The van der Waals surface area contributed by atoms with Crippen molar-refractivity contribution in [3.8, 4) is 0 Å². The molecule has 1 aromatic carbocycles. The van der Waals surface area contributed by atoms with Crippen LogP contribution in [-0.2, 0) is 13.0 Å². The van der Waals surface area contributed by atoms with Gasteiger partial charge in [0, 0.05) is 37.1 Å². The average Bonchev–Trinajstić information content (AvgIpc) is 3.23. The number of hydrogen-bond acceptors (Lipinski definition) is 3. The highest BCUT2D eigenvalue weighted by Gasteiger charge is 2.29. The number of nitro benzene ring substituents is 1. The lowest BCUT2D eigenvalue weighted by atomic mass is 10.1. The van der Waals surface area contributed by atoms with Crippen LogP contribution in [0.15, 0.2) is 42.7 Å². The summed E-state index contributed by atoms with van der Waals surface area (Å²) in [6.07, 6.45) is 7.52. The van der Waals surface area contributed by atoms with Crippen LogP contribution in [0.5, 0.6) is 0 Å². The zero-order valence-corrected chi connectivity index (χ0v) is 11.8. The molecule has 1 fully saturated rings. The minimum absolute atomic E-state index is 0.136. The number of hydrogen-bond donors (Lipinski definition) is 1. The lowest BCUT2D eigenvalue weighted by Crippen LogP contribution is -2.11. The van der Waals surface area contributed by atoms with Gasteiger partial charge < -0.3 is 10.3 Å². The minimum Gasteiger partial charge on any atom is -0.354 e. The second kappa shape index (κ2) is 5.69. The van der Waals surface area contributed by atoms with Gasteiger partial charge in [0.05, 0.1) is 4.92 Å². The van der Waals surface area contributed by atoms with Gasteiger partial charge in [-0.25, -0.2) is 0 Å². The number of benzene rings is 1. The third-order valence-corrected chi connectivity index (χ3v) is 4.09. The molecule has 2 N–H and O–H groups in total. The van der Waals surface area contributed by atoms with Crippen molar-refractivity contribution in [1.82, 2.24) is 4.57 Å². The SMILES string of the molecule is NC(c1ccn(CCc2ccc([N+](=O)[O-])cc2)c1)C1CC1. The monoisotopic (exact) mass is 285 g/mol. The van der Waals surface area contributed by atoms with Crippen molar-refractivity contribution in [2.45, 2.75) is 31.8 Å². The molecular weight excluding hydrogens is 266 g/mol. The fraction of sp³-hybridized carbons (Fsp3) is 0.375. The summed E-state index contributed by atoms with van der Waals surface area (Å²) in [6, 6.07) is 9.01. The molecule has 1 aliphatic rings. The van der Waals surface area contributed by atoms with Gasteiger partial charge in [0.1, 0.15) is 0 Å². The van der Waals surface area contributed by atoms with E-state index in [9.17, 15) is 10.1 Å². The molecule has 0 spiro atoms. The number of nitrogens with two attached hydrogens (primary N) is 1. The molecule has 1 unspecified atom stereocenters. The van der Waals surface area contributed by atoms with E-state index in [4.69, 9.17) is 5.73 Å². The Morgan fingerprint density at radius 2 is 2.00 bits per heavy atom. The molecule has 21 heavy (non-hydrogen) atoms. The largest absolute Gasteiger partial charge is 0.354 e. The fourth-order valence-corrected chi connectivity index (χ4v) is 2.57. The molecule has 0 radical (unpaired) electrons. The smallest absolute Gasteiger partial charge is 0.269 e. The highest BCUT2D eigenvalue weighted by Crippen LogP contribution is 2.39. The maximum atomic E-state index is 10.6. The number of aryl methyl sites for hydroxylation is 2. The molecule has 1 saturated carbocycles. The Morgan fingerprint density at radius 1 is 1.29 bits per heavy atom. The summed E-state index contributed by atoms with van der Waals surface area (Å²) >= 11 is 0. The van der Waals surface area contributed by atoms with E-state index in [0.717, 1.165) is 18.5 Å². The first-order valence-electron chi connectivity index (χ1n) is 7.28. The molecule has 110 valence electrons. The van der Waals surface area contributed by atoms with E-state index in [-0.39, 0.29) is 16.7 Å². The summed E-state index contributed by atoms with van der Waals surface area (Å²) in [5.74, 6) is 0.663. The first kappa shape index (κ1) is 13.8. The molecule has 1 atom stereocenters. The molecule has 1 aromatic heterocycles. The molecule has 3 rings (SSSR count). The second-order valence-corrected chi connectivity index (χ2v) is 5.72. The maximum absolute atomic E-state index is 10.6. The zero-order valence-electron chi connectivity index (χ0n) is 11.8. The average molecular weight is 285 g/mol. The number of aromatic nitrogens is 1. The molecule has 0 bridgehead atoms. The Morgan fingerprint density at radius 3 is 2.62 bits per heavy atom. The molecule has 1 aliphatic carbocycles. The van der Waals surface area contributed by atoms with Crippen LogP contribution < -0.4 is 5.73 Å². The molecule has 5 nitrogen and oxygen atoms in total. The van der Waals surface area contributed by atoms with Crippen molar-refractivity contribution in [3.63, 3.8) is 0 Å². The Balaban J connectivity index is 1.58. The summed E-state index contributed by atoms with van der Waals surface area (Å²) in [7, 11) is 0. The third kappa shape index (κ3) is 3.31. The van der Waals surface area contributed by atoms with Crippen LogP contribution in [0.4, 0.5) is 5.69 Å². The lowest BCUT2D eigenvalue weighted by Gasteiger charge is -2.07. The summed E-state index contributed by atoms with van der Waals surface area (Å²) in [4.78, 5) is 10.2. The van der Waals surface area contributed by atoms with Gasteiger partial charge in [-0.15, -0.1) is 0 Å². The summed E-state index contributed by atoms with van der Waals surface area (Å²) in [5, 5.41) is 10.6. The molecule has 5 heteroatoms. The Bertz CT molecular complexity index is 629. The predicted molar refractivity (Wildman–Crippen MR) is 80.9 cm³/mol. The Labute approximate surface area is 123 Å². The quantitative estimate of drug-likeness (QED) is 0.654. The molecular formula is C16H19N3O2. The first-order valence-corrected chi connectivity index (χ1v) is 7.28. The van der Waals surface area contributed by atoms with Gasteiger partial charge in [-0.2, -0.15) is 0 Å². The van der Waals surface area contributed by atoms with E-state index >= 15 is 0 Å². The Kier molecular flexibility index (Phi) is 3.75. The number of nitro groups is 1. The normalized spacial score (nSPS) is 15.9. The predicted octanol–water partition coefficient (Wildman–Crippen LogP) is 3.05. The van der Waals surface area contributed by atoms with Gasteiger partial charge in [-0.3, -0.25) is 10.1 Å². The fourth-order valence-electron chi connectivity index (χ4n) is 2.57.